The number of methoxy groups -OCH3 is 1. The highest BCUT2D eigenvalue weighted by Gasteiger charge is 2.15. The van der Waals surface area contributed by atoms with Crippen LogP contribution in [0.15, 0.2) is 52.3 Å². The van der Waals surface area contributed by atoms with Gasteiger partial charge in [-0.1, -0.05) is 18.2 Å². The Morgan fingerprint density at radius 3 is 2.75 bits per heavy atom. The fourth-order valence-corrected chi connectivity index (χ4v) is 4.31. The first-order chi connectivity index (χ1) is 13.5. The molecule has 0 atom stereocenters. The summed E-state index contributed by atoms with van der Waals surface area (Å²) < 4.78 is 11.4. The van der Waals surface area contributed by atoms with E-state index in [2.05, 4.69) is 23.7 Å². The number of hydrogen-bond acceptors (Lipinski definition) is 5. The molecule has 28 heavy (non-hydrogen) atoms. The molecule has 4 rings (SSSR count). The molecule has 0 bridgehead atoms. The van der Waals surface area contributed by atoms with E-state index >= 15 is 0 Å². The molecule has 2 aromatic heterocycles. The zero-order valence-electron chi connectivity index (χ0n) is 16.1. The Labute approximate surface area is 167 Å². The standard InChI is InChI=1S/C22H22N2O3S/c1-14-8-9-28-21(14)12-24(2)13-22(25)23-17-11-19-16(10-20(17)26-3)15-6-4-5-7-18(15)27-19/h4-11H,12-13H2,1-3H3,(H,23,25). The Morgan fingerprint density at radius 2 is 2.00 bits per heavy atom. The molecule has 0 spiro atoms. The summed E-state index contributed by atoms with van der Waals surface area (Å²) in [6.45, 7) is 3.13. The Hall–Kier alpha value is -2.83. The van der Waals surface area contributed by atoms with E-state index in [1.54, 1.807) is 18.4 Å². The number of fused-ring (bicyclic) bond motifs is 3. The zero-order chi connectivity index (χ0) is 19.7. The van der Waals surface area contributed by atoms with Gasteiger partial charge in [0.1, 0.15) is 16.9 Å². The van der Waals surface area contributed by atoms with Gasteiger partial charge in [-0.25, -0.2) is 0 Å². The SMILES string of the molecule is COc1cc2c(cc1NC(=O)CN(C)Cc1sccc1C)oc1ccccc12. The number of anilines is 1. The average molecular weight is 394 g/mol. The van der Waals surface area contributed by atoms with Crippen LogP contribution < -0.4 is 10.1 Å². The summed E-state index contributed by atoms with van der Waals surface area (Å²) in [6.07, 6.45) is 0. The van der Waals surface area contributed by atoms with E-state index in [1.165, 1.54) is 10.4 Å². The number of furan rings is 1. The van der Waals surface area contributed by atoms with Gasteiger partial charge in [0.05, 0.1) is 19.3 Å². The summed E-state index contributed by atoms with van der Waals surface area (Å²) in [7, 11) is 3.54. The van der Waals surface area contributed by atoms with Crippen molar-refractivity contribution in [1.82, 2.24) is 4.90 Å². The maximum Gasteiger partial charge on any atom is 0.238 e. The van der Waals surface area contributed by atoms with Gasteiger partial charge in [0, 0.05) is 28.3 Å². The molecule has 1 N–H and O–H groups in total. The number of hydrogen-bond donors (Lipinski definition) is 1. The molecule has 4 aromatic rings. The molecule has 2 aromatic carbocycles. The van der Waals surface area contributed by atoms with Gasteiger partial charge in [-0.3, -0.25) is 9.69 Å². The highest BCUT2D eigenvalue weighted by Crippen LogP contribution is 2.36. The molecule has 0 unspecified atom stereocenters. The first-order valence-corrected chi connectivity index (χ1v) is 9.94. The zero-order valence-corrected chi connectivity index (χ0v) is 16.9. The topological polar surface area (TPSA) is 54.7 Å². The quantitative estimate of drug-likeness (QED) is 0.498. The number of para-hydroxylation sites is 1. The van der Waals surface area contributed by atoms with Gasteiger partial charge in [0.15, 0.2) is 0 Å². The van der Waals surface area contributed by atoms with Gasteiger partial charge in [-0.15, -0.1) is 11.3 Å². The largest absolute Gasteiger partial charge is 0.495 e. The first kappa shape index (κ1) is 18.5. The highest BCUT2D eigenvalue weighted by atomic mass is 32.1. The Bertz CT molecular complexity index is 1150. The lowest BCUT2D eigenvalue weighted by Gasteiger charge is -2.17. The smallest absolute Gasteiger partial charge is 0.238 e. The number of thiophene rings is 1. The molecule has 5 nitrogen and oxygen atoms in total. The molecule has 0 fully saturated rings. The lowest BCUT2D eigenvalue weighted by molar-refractivity contribution is -0.117. The van der Waals surface area contributed by atoms with E-state index in [0.29, 0.717) is 18.0 Å². The summed E-state index contributed by atoms with van der Waals surface area (Å²) in [5.41, 5.74) is 3.41. The second-order valence-corrected chi connectivity index (χ2v) is 7.89. The summed E-state index contributed by atoms with van der Waals surface area (Å²) in [5.74, 6) is 0.523. The fourth-order valence-electron chi connectivity index (χ4n) is 3.32. The number of benzene rings is 2. The minimum Gasteiger partial charge on any atom is -0.495 e. The van der Waals surface area contributed by atoms with Crippen molar-refractivity contribution in [3.05, 3.63) is 58.3 Å². The van der Waals surface area contributed by atoms with E-state index in [1.807, 2.05) is 48.3 Å². The third-order valence-electron chi connectivity index (χ3n) is 4.77. The summed E-state index contributed by atoms with van der Waals surface area (Å²) >= 11 is 1.71. The number of nitrogens with zero attached hydrogens (tertiary/aromatic N) is 1. The van der Waals surface area contributed by atoms with Gasteiger partial charge >= 0.3 is 0 Å². The maximum atomic E-state index is 12.6. The van der Waals surface area contributed by atoms with Crippen molar-refractivity contribution in [3.8, 4) is 5.75 Å². The predicted octanol–water partition coefficient (Wildman–Crippen LogP) is 5.04. The van der Waals surface area contributed by atoms with Crippen LogP contribution in [0, 0.1) is 6.92 Å². The van der Waals surface area contributed by atoms with Crippen LogP contribution in [0.4, 0.5) is 5.69 Å². The van der Waals surface area contributed by atoms with E-state index in [-0.39, 0.29) is 5.91 Å². The maximum absolute atomic E-state index is 12.6. The molecule has 0 saturated carbocycles. The molecule has 0 aliphatic rings. The molecule has 0 radical (unpaired) electrons. The first-order valence-electron chi connectivity index (χ1n) is 9.06. The van der Waals surface area contributed by atoms with Crippen molar-refractivity contribution in [3.63, 3.8) is 0 Å². The lowest BCUT2D eigenvalue weighted by atomic mass is 10.1. The lowest BCUT2D eigenvalue weighted by Crippen LogP contribution is -2.29. The van der Waals surface area contributed by atoms with Crippen LogP contribution in [-0.2, 0) is 11.3 Å². The number of carbonyl (C=O) groups is 1. The summed E-state index contributed by atoms with van der Waals surface area (Å²) in [5, 5.41) is 7.03. The van der Waals surface area contributed by atoms with Gasteiger partial charge in [0.25, 0.3) is 0 Å². The number of aryl methyl sites for hydroxylation is 1. The Balaban J connectivity index is 1.54. The van der Waals surface area contributed by atoms with E-state index < -0.39 is 0 Å². The molecular weight excluding hydrogens is 372 g/mol. The monoisotopic (exact) mass is 394 g/mol. The molecule has 0 aliphatic carbocycles. The third kappa shape index (κ3) is 3.61. The fraction of sp³-hybridized carbons (Fsp3) is 0.227. The van der Waals surface area contributed by atoms with Crippen LogP contribution in [-0.4, -0.2) is 31.5 Å². The van der Waals surface area contributed by atoms with Crippen LogP contribution in [0.1, 0.15) is 10.4 Å². The Kier molecular flexibility index (Phi) is 5.07. The van der Waals surface area contributed by atoms with Gasteiger partial charge in [-0.2, -0.15) is 0 Å². The van der Waals surface area contributed by atoms with E-state index in [4.69, 9.17) is 9.15 Å². The number of likely N-dealkylation sites (N-methyl/N-ethyl adjacent to an activating group) is 1. The minimum atomic E-state index is -0.0922. The van der Waals surface area contributed by atoms with Crippen molar-refractivity contribution >= 4 is 44.9 Å². The second-order valence-electron chi connectivity index (χ2n) is 6.89. The number of rotatable bonds is 6. The molecule has 144 valence electrons. The summed E-state index contributed by atoms with van der Waals surface area (Å²) in [4.78, 5) is 15.9. The van der Waals surface area contributed by atoms with Gasteiger partial charge in [-0.05, 0) is 43.1 Å². The van der Waals surface area contributed by atoms with Crippen molar-refractivity contribution in [2.45, 2.75) is 13.5 Å². The molecule has 2 heterocycles. The van der Waals surface area contributed by atoms with Crippen molar-refractivity contribution < 1.29 is 13.9 Å². The van der Waals surface area contributed by atoms with Crippen LogP contribution in [0.2, 0.25) is 0 Å². The second kappa shape index (κ2) is 7.66. The number of amides is 1. The van der Waals surface area contributed by atoms with Crippen LogP contribution in [0.5, 0.6) is 5.75 Å². The average Bonchev–Trinajstić information content (AvgIpc) is 3.23. The molecular formula is C22H22N2O3S. The highest BCUT2D eigenvalue weighted by molar-refractivity contribution is 7.10. The van der Waals surface area contributed by atoms with Crippen molar-refractivity contribution in [2.75, 3.05) is 26.0 Å². The normalized spacial score (nSPS) is 11.4. The number of nitrogens with one attached hydrogen (secondary N) is 1. The molecule has 1 amide bonds. The predicted molar refractivity (Wildman–Crippen MR) is 114 cm³/mol. The van der Waals surface area contributed by atoms with Crippen molar-refractivity contribution in [2.24, 2.45) is 0 Å². The minimum absolute atomic E-state index is 0.0922. The molecule has 0 aliphatic heterocycles. The van der Waals surface area contributed by atoms with E-state index in [0.717, 1.165) is 28.5 Å². The van der Waals surface area contributed by atoms with Crippen LogP contribution in [0.3, 0.4) is 0 Å². The summed E-state index contributed by atoms with van der Waals surface area (Å²) in [6, 6.07) is 13.7. The van der Waals surface area contributed by atoms with Gasteiger partial charge in [0.2, 0.25) is 5.91 Å². The van der Waals surface area contributed by atoms with Crippen molar-refractivity contribution in [1.29, 1.82) is 0 Å². The van der Waals surface area contributed by atoms with Crippen LogP contribution in [0.25, 0.3) is 21.9 Å². The van der Waals surface area contributed by atoms with E-state index in [9.17, 15) is 4.79 Å². The third-order valence-corrected chi connectivity index (χ3v) is 5.78. The molecule has 6 heteroatoms. The number of carbonyl (C=O) groups excluding carboxylic acids is 1. The van der Waals surface area contributed by atoms with Gasteiger partial charge < -0.3 is 14.5 Å². The Morgan fingerprint density at radius 1 is 1.18 bits per heavy atom. The van der Waals surface area contributed by atoms with Crippen LogP contribution >= 0.6 is 11.3 Å². The molecule has 0 saturated heterocycles. The number of ether oxygens (including phenoxy) is 1.